The van der Waals surface area contributed by atoms with Crippen molar-refractivity contribution in [3.63, 3.8) is 0 Å². The van der Waals surface area contributed by atoms with E-state index in [4.69, 9.17) is 9.47 Å². The van der Waals surface area contributed by atoms with Crippen LogP contribution in [0, 0.1) is 0 Å². The van der Waals surface area contributed by atoms with Gasteiger partial charge in [-0.3, -0.25) is 14.1 Å². The molecule has 0 aliphatic carbocycles. The van der Waals surface area contributed by atoms with Crippen LogP contribution in [0.15, 0.2) is 18.2 Å². The lowest BCUT2D eigenvalue weighted by molar-refractivity contribution is -0.137. The lowest BCUT2D eigenvalue weighted by Gasteiger charge is -2.25. The minimum Gasteiger partial charge on any atom is -0.423 e. The number of carbonyl (C=O) groups excluding carboxylic acids is 2. The van der Waals surface area contributed by atoms with Crippen LogP contribution in [0.2, 0.25) is 0 Å². The first kappa shape index (κ1) is 54.0. The molecule has 0 amide bonds. The lowest BCUT2D eigenvalue weighted by atomic mass is 9.98. The van der Waals surface area contributed by atoms with E-state index < -0.39 is 27.8 Å². The highest BCUT2D eigenvalue weighted by molar-refractivity contribution is 7.85. The van der Waals surface area contributed by atoms with Gasteiger partial charge < -0.3 is 14.8 Å². The quantitative estimate of drug-likeness (QED) is 0.0291. The molecule has 0 spiro atoms. The first-order valence-corrected chi connectivity index (χ1v) is 25.7. The van der Waals surface area contributed by atoms with Gasteiger partial charge >= 0.3 is 11.9 Å². The van der Waals surface area contributed by atoms with E-state index >= 15 is 0 Å². The van der Waals surface area contributed by atoms with Gasteiger partial charge in [-0.25, -0.2) is 0 Å². The average Bonchev–Trinajstić information content (AvgIpc) is 3.16. The molecule has 0 saturated carbocycles. The van der Waals surface area contributed by atoms with Crippen molar-refractivity contribution < 1.29 is 32.0 Å². The molecule has 0 aromatic heterocycles. The van der Waals surface area contributed by atoms with E-state index in [9.17, 15) is 22.6 Å². The van der Waals surface area contributed by atoms with Crippen molar-refractivity contribution in [3.05, 3.63) is 23.8 Å². The van der Waals surface area contributed by atoms with E-state index in [1.54, 1.807) is 18.2 Å². The molecule has 1 rings (SSSR count). The van der Waals surface area contributed by atoms with Gasteiger partial charge in [0.15, 0.2) is 11.5 Å². The van der Waals surface area contributed by atoms with E-state index in [-0.39, 0.29) is 42.4 Å². The third kappa shape index (κ3) is 32.8. The van der Waals surface area contributed by atoms with Crippen molar-refractivity contribution in [2.24, 2.45) is 0 Å². The van der Waals surface area contributed by atoms with Crippen LogP contribution in [0.1, 0.15) is 252 Å². The molecule has 0 fully saturated rings. The van der Waals surface area contributed by atoms with Crippen LogP contribution in [-0.4, -0.2) is 42.7 Å². The van der Waals surface area contributed by atoms with Gasteiger partial charge in [-0.15, -0.1) is 0 Å². The largest absolute Gasteiger partial charge is 0.423 e. The van der Waals surface area contributed by atoms with E-state index in [1.807, 2.05) is 20.8 Å². The van der Waals surface area contributed by atoms with Crippen LogP contribution >= 0.6 is 0 Å². The highest BCUT2D eigenvalue weighted by Crippen LogP contribution is 2.33. The van der Waals surface area contributed by atoms with Crippen molar-refractivity contribution in [1.29, 1.82) is 0 Å². The topological polar surface area (TPSA) is 119 Å². The standard InChI is InChI=1S/C49H89NO7S/c1-6-8-10-12-14-16-18-20-22-24-26-28-30-32-34-36-47(51)56-45-39-38-43(44(42-58(53,54)55)41-50-49(3,4)5)40-46(45)57-48(52)37-35-33-31-29-27-25-23-21-19-17-15-13-11-9-7-2/h38-40,44,50H,6-37,41-42H2,1-5H3,(H,53,54,55). The van der Waals surface area contributed by atoms with Crippen LogP contribution in [0.25, 0.3) is 0 Å². The van der Waals surface area contributed by atoms with Gasteiger partial charge in [0.05, 0.1) is 5.75 Å². The lowest BCUT2D eigenvalue weighted by Crippen LogP contribution is -2.39. The first-order valence-electron chi connectivity index (χ1n) is 24.1. The number of rotatable bonds is 39. The van der Waals surface area contributed by atoms with Gasteiger partial charge in [0.2, 0.25) is 0 Å². The molecule has 0 radical (unpaired) electrons. The molecule has 0 aliphatic heterocycles. The summed E-state index contributed by atoms with van der Waals surface area (Å²) in [6, 6.07) is 4.84. The molecule has 0 heterocycles. The number of esters is 2. The molecule has 9 heteroatoms. The van der Waals surface area contributed by atoms with Gasteiger partial charge in [0.1, 0.15) is 0 Å². The average molecular weight is 836 g/mol. The molecule has 1 aromatic rings. The van der Waals surface area contributed by atoms with Crippen LogP contribution in [0.5, 0.6) is 11.5 Å². The summed E-state index contributed by atoms with van der Waals surface area (Å²) >= 11 is 0. The predicted octanol–water partition coefficient (Wildman–Crippen LogP) is 14.4. The molecule has 1 atom stereocenters. The molecule has 58 heavy (non-hydrogen) atoms. The fourth-order valence-corrected chi connectivity index (χ4v) is 8.35. The maximum atomic E-state index is 13.1. The Morgan fingerprint density at radius 1 is 0.552 bits per heavy atom. The zero-order valence-corrected chi connectivity index (χ0v) is 39.0. The summed E-state index contributed by atoms with van der Waals surface area (Å²) < 4.78 is 45.3. The summed E-state index contributed by atoms with van der Waals surface area (Å²) in [6.07, 6.45) is 37.8. The van der Waals surface area contributed by atoms with Crippen LogP contribution in [0.4, 0.5) is 0 Å². The fraction of sp³-hybridized carbons (Fsp3) is 0.837. The van der Waals surface area contributed by atoms with Gasteiger partial charge in [-0.2, -0.15) is 8.42 Å². The number of hydrogen-bond donors (Lipinski definition) is 2. The summed E-state index contributed by atoms with van der Waals surface area (Å²) in [6.45, 7) is 10.7. The summed E-state index contributed by atoms with van der Waals surface area (Å²) in [5.41, 5.74) is 0.272. The number of unbranched alkanes of at least 4 members (excludes halogenated alkanes) is 28. The van der Waals surface area contributed by atoms with Crippen LogP contribution < -0.4 is 14.8 Å². The summed E-state index contributed by atoms with van der Waals surface area (Å²) in [5.74, 6) is -1.66. The van der Waals surface area contributed by atoms with Crippen LogP contribution in [-0.2, 0) is 19.7 Å². The Morgan fingerprint density at radius 3 is 1.21 bits per heavy atom. The van der Waals surface area contributed by atoms with Crippen LogP contribution in [0.3, 0.4) is 0 Å². The van der Waals surface area contributed by atoms with Crippen molar-refractivity contribution >= 4 is 22.1 Å². The van der Waals surface area contributed by atoms with Crippen molar-refractivity contribution in [2.45, 2.75) is 252 Å². The number of ether oxygens (including phenoxy) is 2. The molecule has 1 unspecified atom stereocenters. The van der Waals surface area contributed by atoms with E-state index in [1.165, 1.54) is 154 Å². The zero-order valence-electron chi connectivity index (χ0n) is 38.2. The normalized spacial score (nSPS) is 12.5. The number of hydrogen-bond acceptors (Lipinski definition) is 7. The smallest absolute Gasteiger partial charge is 0.311 e. The third-order valence-electron chi connectivity index (χ3n) is 11.1. The maximum absolute atomic E-state index is 13.1. The molecule has 2 N–H and O–H groups in total. The van der Waals surface area contributed by atoms with Crippen molar-refractivity contribution in [2.75, 3.05) is 12.3 Å². The molecule has 0 saturated heterocycles. The Labute approximate surface area is 357 Å². The minimum atomic E-state index is -4.30. The second kappa shape index (κ2) is 34.7. The summed E-state index contributed by atoms with van der Waals surface area (Å²) in [7, 11) is -4.30. The monoisotopic (exact) mass is 836 g/mol. The van der Waals surface area contributed by atoms with Crippen molar-refractivity contribution in [1.82, 2.24) is 5.32 Å². The predicted molar refractivity (Wildman–Crippen MR) is 244 cm³/mol. The van der Waals surface area contributed by atoms with Gasteiger partial charge in [-0.05, 0) is 51.3 Å². The number of nitrogens with one attached hydrogen (secondary N) is 1. The fourth-order valence-electron chi connectivity index (χ4n) is 7.53. The highest BCUT2D eigenvalue weighted by Gasteiger charge is 2.24. The first-order chi connectivity index (χ1) is 27.8. The summed E-state index contributed by atoms with van der Waals surface area (Å²) in [5, 5.41) is 3.31. The van der Waals surface area contributed by atoms with Gasteiger partial charge in [-0.1, -0.05) is 200 Å². The molecular formula is C49H89NO7S. The third-order valence-corrected chi connectivity index (χ3v) is 12.0. The van der Waals surface area contributed by atoms with Gasteiger partial charge in [0, 0.05) is 30.8 Å². The van der Waals surface area contributed by atoms with Gasteiger partial charge in [0.25, 0.3) is 10.1 Å². The Kier molecular flexibility index (Phi) is 32.3. The molecule has 0 aliphatic rings. The molecule has 0 bridgehead atoms. The number of carbonyl (C=O) groups is 2. The highest BCUT2D eigenvalue weighted by atomic mass is 32.2. The van der Waals surface area contributed by atoms with Crippen molar-refractivity contribution in [3.8, 4) is 11.5 Å². The minimum absolute atomic E-state index is 0.101. The second-order valence-corrected chi connectivity index (χ2v) is 19.6. The van der Waals surface area contributed by atoms with E-state index in [0.717, 1.165) is 32.1 Å². The van der Waals surface area contributed by atoms with E-state index in [2.05, 4.69) is 19.2 Å². The zero-order chi connectivity index (χ0) is 42.7. The number of benzene rings is 1. The molecular weight excluding hydrogens is 747 g/mol. The molecule has 338 valence electrons. The van der Waals surface area contributed by atoms with E-state index in [0.29, 0.717) is 12.0 Å². The SMILES string of the molecule is CCCCCCCCCCCCCCCCCC(=O)Oc1ccc(C(CNC(C)(C)C)CS(=O)(=O)O)cc1OC(=O)CCCCCCCCCCCCCCCCC. The Bertz CT molecular complexity index is 1280. The second-order valence-electron chi connectivity index (χ2n) is 18.1. The molecule has 8 nitrogen and oxygen atoms in total. The Morgan fingerprint density at radius 2 is 0.879 bits per heavy atom. The summed E-state index contributed by atoms with van der Waals surface area (Å²) in [4.78, 5) is 26.0. The Balaban J connectivity index is 2.59. The molecule has 1 aromatic carbocycles. The Hall–Kier alpha value is -1.97. The maximum Gasteiger partial charge on any atom is 0.311 e.